The van der Waals surface area contributed by atoms with E-state index in [4.69, 9.17) is 0 Å². The van der Waals surface area contributed by atoms with E-state index in [1.54, 1.807) is 0 Å². The summed E-state index contributed by atoms with van der Waals surface area (Å²) in [5.74, 6) is -7.99. The summed E-state index contributed by atoms with van der Waals surface area (Å²) in [5.41, 5.74) is -0.456. The standard InChI is InChI=1S/C18H12F4O2S2/c1-3-11(19)9-15(23)5-7(17(9)25-3)13(21)6-8(14(5)22)18-10(16(6)24)12(20)4(2)26-18/h5-8,13-14H,1-2H3. The van der Waals surface area contributed by atoms with Crippen LogP contribution in [-0.2, 0) is 0 Å². The third-order valence-corrected chi connectivity index (χ3v) is 8.29. The molecule has 0 aromatic carbocycles. The summed E-state index contributed by atoms with van der Waals surface area (Å²) in [6, 6.07) is 0. The van der Waals surface area contributed by atoms with E-state index in [1.807, 2.05) is 0 Å². The third kappa shape index (κ3) is 1.68. The predicted octanol–water partition coefficient (Wildman–Crippen LogP) is 4.89. The van der Waals surface area contributed by atoms with Crippen LogP contribution < -0.4 is 0 Å². The number of aryl methyl sites for hydroxylation is 2. The first-order valence-electron chi connectivity index (χ1n) is 8.19. The Labute approximate surface area is 153 Å². The van der Waals surface area contributed by atoms with Crippen molar-refractivity contribution in [2.75, 3.05) is 0 Å². The van der Waals surface area contributed by atoms with E-state index in [0.29, 0.717) is 0 Å². The quantitative estimate of drug-likeness (QED) is 0.591. The monoisotopic (exact) mass is 400 g/mol. The van der Waals surface area contributed by atoms with Crippen LogP contribution in [0.5, 0.6) is 0 Å². The van der Waals surface area contributed by atoms with Gasteiger partial charge >= 0.3 is 0 Å². The Balaban J connectivity index is 1.69. The second-order valence-electron chi connectivity index (χ2n) is 7.14. The molecule has 2 nitrogen and oxygen atoms in total. The Bertz CT molecular complexity index is 927. The minimum Gasteiger partial charge on any atom is -0.294 e. The molecule has 1 fully saturated rings. The average molecular weight is 400 g/mol. The highest BCUT2D eigenvalue weighted by Crippen LogP contribution is 2.61. The molecule has 6 atom stereocenters. The van der Waals surface area contributed by atoms with Crippen molar-refractivity contribution in [3.05, 3.63) is 42.3 Å². The SMILES string of the molecule is Cc1sc2c(c1F)C(=O)C1C(F)C3c4sc(C)c(F)c4C(=O)C3C(F)C21. The van der Waals surface area contributed by atoms with E-state index in [2.05, 4.69) is 0 Å². The first-order chi connectivity index (χ1) is 12.3. The number of halogens is 4. The van der Waals surface area contributed by atoms with Crippen LogP contribution in [0, 0.1) is 37.3 Å². The number of hydrogen-bond acceptors (Lipinski definition) is 4. The third-order valence-electron chi connectivity index (χ3n) is 5.93. The van der Waals surface area contributed by atoms with Crippen LogP contribution in [-0.4, -0.2) is 23.9 Å². The molecular weight excluding hydrogens is 388 g/mol. The maximum Gasteiger partial charge on any atom is 0.173 e. The van der Waals surface area contributed by atoms with Crippen molar-refractivity contribution >= 4 is 34.2 Å². The van der Waals surface area contributed by atoms with Crippen LogP contribution in [0.2, 0.25) is 0 Å². The smallest absolute Gasteiger partial charge is 0.173 e. The van der Waals surface area contributed by atoms with Crippen molar-refractivity contribution in [1.29, 1.82) is 0 Å². The Morgan fingerprint density at radius 2 is 1.04 bits per heavy atom. The summed E-state index contributed by atoms with van der Waals surface area (Å²) in [6.45, 7) is 2.95. The van der Waals surface area contributed by atoms with Gasteiger partial charge in [-0.05, 0) is 13.8 Å². The zero-order valence-corrected chi connectivity index (χ0v) is 15.2. The van der Waals surface area contributed by atoms with Crippen molar-refractivity contribution < 1.29 is 27.2 Å². The van der Waals surface area contributed by atoms with Crippen molar-refractivity contribution in [3.63, 3.8) is 0 Å². The van der Waals surface area contributed by atoms with E-state index in [1.165, 1.54) is 13.8 Å². The van der Waals surface area contributed by atoms with Gasteiger partial charge in [-0.3, -0.25) is 9.59 Å². The van der Waals surface area contributed by atoms with Crippen molar-refractivity contribution in [2.45, 2.75) is 38.0 Å². The number of ketones is 2. The average Bonchev–Trinajstić information content (AvgIpc) is 3.23. The fraction of sp³-hybridized carbons (Fsp3) is 0.444. The van der Waals surface area contributed by atoms with Gasteiger partial charge in [0.15, 0.2) is 11.6 Å². The minimum atomic E-state index is -1.84. The van der Waals surface area contributed by atoms with E-state index in [9.17, 15) is 18.4 Å². The maximum atomic E-state index is 15.4. The lowest BCUT2D eigenvalue weighted by atomic mass is 9.67. The molecule has 0 radical (unpaired) electrons. The Morgan fingerprint density at radius 1 is 0.692 bits per heavy atom. The molecule has 0 aliphatic heterocycles. The van der Waals surface area contributed by atoms with Crippen molar-refractivity contribution in [2.24, 2.45) is 11.8 Å². The van der Waals surface area contributed by atoms with E-state index in [0.717, 1.165) is 22.7 Å². The van der Waals surface area contributed by atoms with Gasteiger partial charge in [-0.15, -0.1) is 22.7 Å². The van der Waals surface area contributed by atoms with E-state index >= 15 is 8.78 Å². The first-order valence-corrected chi connectivity index (χ1v) is 9.83. The van der Waals surface area contributed by atoms with Crippen molar-refractivity contribution in [3.8, 4) is 0 Å². The largest absolute Gasteiger partial charge is 0.294 e. The van der Waals surface area contributed by atoms with Gasteiger partial charge in [0.05, 0.1) is 23.0 Å². The summed E-state index contributed by atoms with van der Waals surface area (Å²) in [6.07, 6.45) is -3.68. The summed E-state index contributed by atoms with van der Waals surface area (Å²) < 4.78 is 59.4. The highest BCUT2D eigenvalue weighted by molar-refractivity contribution is 7.13. The summed E-state index contributed by atoms with van der Waals surface area (Å²) in [4.78, 5) is 26.2. The van der Waals surface area contributed by atoms with Gasteiger partial charge in [0, 0.05) is 31.3 Å². The zero-order chi connectivity index (χ0) is 18.7. The number of carbonyl (C=O) groups excluding carboxylic acids is 2. The Kier molecular flexibility index (Phi) is 3.22. The molecule has 5 rings (SSSR count). The fourth-order valence-corrected chi connectivity index (χ4v) is 7.27. The molecule has 136 valence electrons. The van der Waals surface area contributed by atoms with Crippen molar-refractivity contribution in [1.82, 2.24) is 0 Å². The molecule has 2 aromatic rings. The summed E-state index contributed by atoms with van der Waals surface area (Å²) in [5, 5.41) is 0. The number of thiophene rings is 2. The molecule has 1 saturated carbocycles. The molecule has 2 heterocycles. The highest BCUT2D eigenvalue weighted by Gasteiger charge is 2.65. The number of hydrogen-bond donors (Lipinski definition) is 0. The topological polar surface area (TPSA) is 34.1 Å². The van der Waals surface area contributed by atoms with Gasteiger partial charge in [0.2, 0.25) is 0 Å². The van der Waals surface area contributed by atoms with Gasteiger partial charge < -0.3 is 0 Å². The molecular formula is C18H12F4O2S2. The van der Waals surface area contributed by atoms with Gasteiger partial charge in [0.25, 0.3) is 0 Å². The van der Waals surface area contributed by atoms with Gasteiger partial charge in [-0.2, -0.15) is 0 Å². The lowest BCUT2D eigenvalue weighted by Crippen LogP contribution is -2.46. The summed E-state index contributed by atoms with van der Waals surface area (Å²) >= 11 is 1.88. The maximum absolute atomic E-state index is 15.4. The normalized spacial score (nSPS) is 34.7. The number of rotatable bonds is 0. The van der Waals surface area contributed by atoms with Crippen LogP contribution in [0.15, 0.2) is 0 Å². The second kappa shape index (κ2) is 5.04. The molecule has 6 unspecified atom stereocenters. The molecule has 3 aliphatic carbocycles. The van der Waals surface area contributed by atoms with E-state index < -0.39 is 59.2 Å². The van der Waals surface area contributed by atoms with Gasteiger partial charge in [-0.25, -0.2) is 17.6 Å². The van der Waals surface area contributed by atoms with E-state index in [-0.39, 0.29) is 30.6 Å². The van der Waals surface area contributed by atoms with Crippen LogP contribution >= 0.6 is 22.7 Å². The second-order valence-corrected chi connectivity index (χ2v) is 9.66. The fourth-order valence-electron chi connectivity index (χ4n) is 4.82. The van der Waals surface area contributed by atoms with Gasteiger partial charge in [0.1, 0.15) is 24.0 Å². The number of carbonyl (C=O) groups is 2. The lowest BCUT2D eigenvalue weighted by molar-refractivity contribution is 0.0240. The highest BCUT2D eigenvalue weighted by atomic mass is 32.1. The van der Waals surface area contributed by atoms with Crippen LogP contribution in [0.4, 0.5) is 17.6 Å². The Morgan fingerprint density at radius 3 is 1.38 bits per heavy atom. The molecule has 0 saturated heterocycles. The molecule has 26 heavy (non-hydrogen) atoms. The van der Waals surface area contributed by atoms with Gasteiger partial charge in [-0.1, -0.05) is 0 Å². The van der Waals surface area contributed by atoms with Crippen LogP contribution in [0.25, 0.3) is 0 Å². The molecule has 8 heteroatoms. The van der Waals surface area contributed by atoms with Crippen LogP contribution in [0.1, 0.15) is 52.1 Å². The predicted molar refractivity (Wildman–Crippen MR) is 88.9 cm³/mol. The molecule has 0 amide bonds. The molecule has 2 aromatic heterocycles. The molecule has 0 N–H and O–H groups in total. The van der Waals surface area contributed by atoms with Crippen LogP contribution in [0.3, 0.4) is 0 Å². The number of alkyl halides is 2. The minimum absolute atomic E-state index is 0.184. The molecule has 3 aliphatic rings. The first kappa shape index (κ1) is 16.6. The number of fused-ring (bicyclic) bond motifs is 6. The lowest BCUT2D eigenvalue weighted by Gasteiger charge is -2.39. The zero-order valence-electron chi connectivity index (χ0n) is 13.6. The summed E-state index contributed by atoms with van der Waals surface area (Å²) in [7, 11) is 0. The molecule has 0 spiro atoms. The molecule has 0 bridgehead atoms. The Hall–Kier alpha value is -1.54. The number of Topliss-reactive ketones (excluding diaryl/α,β-unsaturated/α-hetero) is 2.